The summed E-state index contributed by atoms with van der Waals surface area (Å²) in [6, 6.07) is 0. The van der Waals surface area contributed by atoms with Crippen molar-refractivity contribution in [1.29, 1.82) is 0 Å². The van der Waals surface area contributed by atoms with Crippen LogP contribution in [0.25, 0.3) is 17.7 Å². The van der Waals surface area contributed by atoms with Crippen molar-refractivity contribution in [2.45, 2.75) is 45.3 Å². The molecule has 2 aromatic heterocycles. The molecule has 1 N–H and O–H groups in total. The van der Waals surface area contributed by atoms with E-state index in [-0.39, 0.29) is 0 Å². The van der Waals surface area contributed by atoms with Gasteiger partial charge < -0.3 is 10.1 Å². The van der Waals surface area contributed by atoms with Crippen LogP contribution < -0.4 is 5.32 Å². The Bertz CT molecular complexity index is 792. The molecule has 0 saturated heterocycles. The SMILES string of the molecule is C=Cc1nc(NC=O)sc1/C=C(\C)c1cnc(COC2CCCC2)nc1. The molecule has 0 atom stereocenters. The highest BCUT2D eigenvalue weighted by molar-refractivity contribution is 7.16. The van der Waals surface area contributed by atoms with E-state index in [1.165, 1.54) is 24.2 Å². The van der Waals surface area contributed by atoms with Crippen LogP contribution in [0.2, 0.25) is 0 Å². The number of allylic oxidation sites excluding steroid dienone is 1. The predicted molar refractivity (Wildman–Crippen MR) is 105 cm³/mol. The smallest absolute Gasteiger partial charge is 0.213 e. The third kappa shape index (κ3) is 4.62. The third-order valence-corrected chi connectivity index (χ3v) is 5.26. The first-order valence-electron chi connectivity index (χ1n) is 8.64. The third-order valence-electron chi connectivity index (χ3n) is 4.32. The largest absolute Gasteiger partial charge is 0.370 e. The van der Waals surface area contributed by atoms with E-state index in [1.807, 2.05) is 25.4 Å². The van der Waals surface area contributed by atoms with Crippen LogP contribution in [0.5, 0.6) is 0 Å². The number of anilines is 1. The highest BCUT2D eigenvalue weighted by atomic mass is 32.1. The highest BCUT2D eigenvalue weighted by Gasteiger charge is 2.15. The lowest BCUT2D eigenvalue weighted by molar-refractivity contribution is -0.105. The van der Waals surface area contributed by atoms with Gasteiger partial charge in [-0.1, -0.05) is 30.8 Å². The fourth-order valence-electron chi connectivity index (χ4n) is 2.87. The molecule has 1 amide bonds. The zero-order valence-corrected chi connectivity index (χ0v) is 15.6. The Morgan fingerprint density at radius 1 is 1.38 bits per heavy atom. The molecule has 1 aliphatic carbocycles. The minimum Gasteiger partial charge on any atom is -0.370 e. The Balaban J connectivity index is 1.68. The van der Waals surface area contributed by atoms with Gasteiger partial charge in [0.2, 0.25) is 6.41 Å². The first-order valence-corrected chi connectivity index (χ1v) is 9.46. The van der Waals surface area contributed by atoms with Gasteiger partial charge in [0.15, 0.2) is 11.0 Å². The lowest BCUT2D eigenvalue weighted by Gasteiger charge is -2.10. The lowest BCUT2D eigenvalue weighted by atomic mass is 10.1. The van der Waals surface area contributed by atoms with Gasteiger partial charge >= 0.3 is 0 Å². The van der Waals surface area contributed by atoms with E-state index in [0.717, 1.165) is 34.5 Å². The monoisotopic (exact) mass is 370 g/mol. The van der Waals surface area contributed by atoms with E-state index in [1.54, 1.807) is 6.08 Å². The van der Waals surface area contributed by atoms with Crippen LogP contribution in [0.3, 0.4) is 0 Å². The molecule has 136 valence electrons. The number of nitrogens with zero attached hydrogens (tertiary/aromatic N) is 3. The maximum atomic E-state index is 10.6. The molecule has 7 heteroatoms. The van der Waals surface area contributed by atoms with Crippen molar-refractivity contribution in [3.8, 4) is 0 Å². The van der Waals surface area contributed by atoms with E-state index in [0.29, 0.717) is 30.1 Å². The van der Waals surface area contributed by atoms with Crippen LogP contribution in [0.15, 0.2) is 19.0 Å². The summed E-state index contributed by atoms with van der Waals surface area (Å²) in [6.07, 6.45) is 13.1. The van der Waals surface area contributed by atoms with E-state index >= 15 is 0 Å². The topological polar surface area (TPSA) is 77.0 Å². The first-order chi connectivity index (χ1) is 12.7. The number of carbonyl (C=O) groups excluding carboxylic acids is 1. The number of aromatic nitrogens is 3. The molecular weight excluding hydrogens is 348 g/mol. The summed E-state index contributed by atoms with van der Waals surface area (Å²) in [4.78, 5) is 24.6. The maximum absolute atomic E-state index is 10.6. The summed E-state index contributed by atoms with van der Waals surface area (Å²) in [7, 11) is 0. The van der Waals surface area contributed by atoms with Crippen molar-refractivity contribution >= 4 is 40.6 Å². The first kappa shape index (κ1) is 18.4. The molecule has 1 saturated carbocycles. The standard InChI is InChI=1S/C19H22N4O2S/c1-3-16-17(26-19(23-16)22-12-24)8-13(2)14-9-20-18(21-10-14)11-25-15-6-4-5-7-15/h3,8-10,12,15H,1,4-7,11H2,2H3,(H,22,23,24)/b13-8+. The second-order valence-corrected chi connectivity index (χ2v) is 7.20. The quantitative estimate of drug-likeness (QED) is 0.706. The Morgan fingerprint density at radius 2 is 2.12 bits per heavy atom. The van der Waals surface area contributed by atoms with Crippen molar-refractivity contribution in [1.82, 2.24) is 15.0 Å². The van der Waals surface area contributed by atoms with Gasteiger partial charge in [-0.25, -0.2) is 15.0 Å². The van der Waals surface area contributed by atoms with Crippen LogP contribution in [0, 0.1) is 0 Å². The molecule has 0 bridgehead atoms. The Morgan fingerprint density at radius 3 is 2.77 bits per heavy atom. The second kappa shape index (κ2) is 8.82. The number of hydrogen-bond donors (Lipinski definition) is 1. The Kier molecular flexibility index (Phi) is 6.25. The van der Waals surface area contributed by atoms with Gasteiger partial charge in [-0.2, -0.15) is 0 Å². The number of rotatable bonds is 8. The van der Waals surface area contributed by atoms with Gasteiger partial charge in [-0.15, -0.1) is 0 Å². The van der Waals surface area contributed by atoms with Crippen molar-refractivity contribution < 1.29 is 9.53 Å². The highest BCUT2D eigenvalue weighted by Crippen LogP contribution is 2.28. The zero-order valence-electron chi connectivity index (χ0n) is 14.8. The normalized spacial score (nSPS) is 15.2. The molecule has 2 heterocycles. The van der Waals surface area contributed by atoms with Gasteiger partial charge in [0.05, 0.1) is 16.7 Å². The van der Waals surface area contributed by atoms with Gasteiger partial charge in [0.1, 0.15) is 6.61 Å². The second-order valence-electron chi connectivity index (χ2n) is 6.17. The zero-order chi connectivity index (χ0) is 18.4. The van der Waals surface area contributed by atoms with Crippen LogP contribution in [0.4, 0.5) is 5.13 Å². The van der Waals surface area contributed by atoms with Crippen LogP contribution in [-0.2, 0) is 16.1 Å². The Labute approximate surface area is 157 Å². The van der Waals surface area contributed by atoms with Crippen LogP contribution >= 0.6 is 11.3 Å². The summed E-state index contributed by atoms with van der Waals surface area (Å²) in [5.74, 6) is 0.704. The molecular formula is C19H22N4O2S. The van der Waals surface area contributed by atoms with Crippen LogP contribution in [0.1, 0.15) is 54.6 Å². The number of carbonyl (C=O) groups is 1. The molecule has 26 heavy (non-hydrogen) atoms. The van der Waals surface area contributed by atoms with Gasteiger partial charge in [0.25, 0.3) is 0 Å². The van der Waals surface area contributed by atoms with E-state index in [9.17, 15) is 4.79 Å². The number of hydrogen-bond acceptors (Lipinski definition) is 6. The number of amides is 1. The minimum atomic E-state index is 0.359. The van der Waals surface area contributed by atoms with Gasteiger partial charge in [-0.05, 0) is 37.5 Å². The summed E-state index contributed by atoms with van der Waals surface area (Å²) in [5, 5.41) is 3.12. The van der Waals surface area contributed by atoms with Gasteiger partial charge in [0, 0.05) is 18.0 Å². The summed E-state index contributed by atoms with van der Waals surface area (Å²) in [5.41, 5.74) is 2.68. The minimum absolute atomic E-state index is 0.359. The van der Waals surface area contributed by atoms with Crippen LogP contribution in [-0.4, -0.2) is 27.5 Å². The number of thiazole rings is 1. The fourth-order valence-corrected chi connectivity index (χ4v) is 3.79. The molecule has 2 aromatic rings. The average Bonchev–Trinajstić information content (AvgIpc) is 3.30. The lowest BCUT2D eigenvalue weighted by Crippen LogP contribution is -2.09. The average molecular weight is 370 g/mol. The maximum Gasteiger partial charge on any atom is 0.213 e. The molecule has 0 unspecified atom stereocenters. The van der Waals surface area contributed by atoms with E-state index < -0.39 is 0 Å². The molecule has 0 radical (unpaired) electrons. The molecule has 0 aromatic carbocycles. The molecule has 0 spiro atoms. The fraction of sp³-hybridized carbons (Fsp3) is 0.368. The summed E-state index contributed by atoms with van der Waals surface area (Å²) < 4.78 is 5.85. The number of ether oxygens (including phenoxy) is 1. The van der Waals surface area contributed by atoms with Crippen molar-refractivity contribution in [2.24, 2.45) is 0 Å². The summed E-state index contributed by atoms with van der Waals surface area (Å²) >= 11 is 1.40. The predicted octanol–water partition coefficient (Wildman–Crippen LogP) is 4.16. The summed E-state index contributed by atoms with van der Waals surface area (Å²) in [6.45, 7) is 6.23. The Hall–Kier alpha value is -2.38. The van der Waals surface area contributed by atoms with Crippen molar-refractivity contribution in [3.05, 3.63) is 40.9 Å². The molecule has 0 aliphatic heterocycles. The van der Waals surface area contributed by atoms with Gasteiger partial charge in [-0.3, -0.25) is 4.79 Å². The molecule has 3 rings (SSSR count). The molecule has 1 fully saturated rings. The molecule has 6 nitrogen and oxygen atoms in total. The van der Waals surface area contributed by atoms with E-state index in [4.69, 9.17) is 4.74 Å². The van der Waals surface area contributed by atoms with Crippen molar-refractivity contribution in [3.63, 3.8) is 0 Å². The van der Waals surface area contributed by atoms with E-state index in [2.05, 4.69) is 26.8 Å². The number of nitrogens with one attached hydrogen (secondary N) is 1. The molecule has 1 aliphatic rings. The van der Waals surface area contributed by atoms with Crippen molar-refractivity contribution in [2.75, 3.05) is 5.32 Å².